The van der Waals surface area contributed by atoms with E-state index in [1.165, 1.54) is 11.2 Å². The van der Waals surface area contributed by atoms with Crippen LogP contribution in [-0.2, 0) is 23.6 Å². The highest BCUT2D eigenvalue weighted by atomic mass is 16.7. The van der Waals surface area contributed by atoms with E-state index in [0.29, 0.717) is 38.3 Å². The van der Waals surface area contributed by atoms with Gasteiger partial charge in [0.1, 0.15) is 12.0 Å². The van der Waals surface area contributed by atoms with E-state index < -0.39 is 23.7 Å². The predicted molar refractivity (Wildman–Crippen MR) is 112 cm³/mol. The van der Waals surface area contributed by atoms with E-state index in [-0.39, 0.29) is 12.6 Å². The molecule has 1 aliphatic heterocycles. The number of rotatable bonds is 8. The molecule has 0 amide bonds. The fraction of sp³-hybridized carbons (Fsp3) is 0.750. The second-order valence-electron chi connectivity index (χ2n) is 8.65. The second-order valence-corrected chi connectivity index (χ2v) is 8.65. The molecule has 1 saturated heterocycles. The summed E-state index contributed by atoms with van der Waals surface area (Å²) in [4.78, 5) is 12.8. The zero-order valence-electron chi connectivity index (χ0n) is 18.6. The van der Waals surface area contributed by atoms with E-state index >= 15 is 0 Å². The molecule has 1 aliphatic carbocycles. The number of nitrogens with two attached hydrogens (primary N) is 2. The van der Waals surface area contributed by atoms with Crippen LogP contribution in [0.5, 0.6) is 0 Å². The average molecular weight is 409 g/mol. The number of allylic oxidation sites excluding steroid dienone is 2. The number of ether oxygens (including phenoxy) is 2. The van der Waals surface area contributed by atoms with E-state index in [9.17, 15) is 4.79 Å². The lowest BCUT2D eigenvalue weighted by atomic mass is 9.66. The topological polar surface area (TPSA) is 109 Å². The number of esters is 1. The van der Waals surface area contributed by atoms with Gasteiger partial charge in [0.15, 0.2) is 0 Å². The van der Waals surface area contributed by atoms with Gasteiger partial charge in [-0.25, -0.2) is 5.84 Å². The molecule has 1 fully saturated rings. The van der Waals surface area contributed by atoms with Crippen LogP contribution in [-0.4, -0.2) is 49.1 Å². The highest BCUT2D eigenvalue weighted by molar-refractivity contribution is 6.54. The minimum absolute atomic E-state index is 0.135. The maximum absolute atomic E-state index is 12.8. The smallest absolute Gasteiger partial charge is 0.476 e. The number of nitrogens with zero attached hydrogens (tertiary/aromatic N) is 1. The average Bonchev–Trinajstić information content (AvgIpc) is 2.89. The molecule has 9 heteroatoms. The molecule has 4 N–H and O–H groups in total. The van der Waals surface area contributed by atoms with Gasteiger partial charge in [-0.3, -0.25) is 9.80 Å². The number of hydrogen-bond donors (Lipinski definition) is 2. The summed E-state index contributed by atoms with van der Waals surface area (Å²) >= 11 is 0. The van der Waals surface area contributed by atoms with Crippen LogP contribution in [0.15, 0.2) is 23.6 Å². The van der Waals surface area contributed by atoms with Gasteiger partial charge < -0.3 is 24.5 Å². The molecule has 0 spiro atoms. The largest absolute Gasteiger partial charge is 0.490 e. The first-order chi connectivity index (χ1) is 13.5. The highest BCUT2D eigenvalue weighted by Gasteiger charge is 2.53. The zero-order valence-corrected chi connectivity index (χ0v) is 18.6. The molecule has 0 aromatic rings. The van der Waals surface area contributed by atoms with Gasteiger partial charge in [0.05, 0.1) is 24.0 Å². The summed E-state index contributed by atoms with van der Waals surface area (Å²) < 4.78 is 23.5. The van der Waals surface area contributed by atoms with Crippen LogP contribution >= 0.6 is 0 Å². The first-order valence-electron chi connectivity index (χ1n) is 10.3. The monoisotopic (exact) mass is 409 g/mol. The van der Waals surface area contributed by atoms with Gasteiger partial charge in [-0.2, -0.15) is 0 Å². The van der Waals surface area contributed by atoms with Crippen molar-refractivity contribution in [1.29, 1.82) is 0 Å². The van der Waals surface area contributed by atoms with Crippen molar-refractivity contribution in [3.63, 3.8) is 0 Å². The standard InChI is InChI=1S/C20H36BN3O5/c1-7-24(23)16(13-22)27-14-20(17(25)26-8-2)11-9-15(10-12-20)21-28-18(3,4)19(5,6)29-21/h9,13H,7-8,10-12,14,22-23H2,1-6H3/b16-13+. The Morgan fingerprint density at radius 2 is 1.86 bits per heavy atom. The van der Waals surface area contributed by atoms with Gasteiger partial charge in [-0.15, -0.1) is 0 Å². The molecule has 0 aromatic carbocycles. The van der Waals surface area contributed by atoms with Gasteiger partial charge in [0, 0.05) is 6.54 Å². The number of hydrogen-bond acceptors (Lipinski definition) is 8. The normalized spacial score (nSPS) is 26.1. The van der Waals surface area contributed by atoms with Gasteiger partial charge in [-0.05, 0) is 66.3 Å². The molecule has 1 heterocycles. The van der Waals surface area contributed by atoms with Gasteiger partial charge >= 0.3 is 13.1 Å². The SMILES string of the molecule is CCOC(=O)C1(CO/C(=C/N)N(N)CC)CC=C(B2OC(C)(C)C(C)(C)O2)CC1. The Bertz CT molecular complexity index is 649. The van der Waals surface area contributed by atoms with E-state index in [2.05, 4.69) is 0 Å². The van der Waals surface area contributed by atoms with Crippen molar-refractivity contribution >= 4 is 13.1 Å². The summed E-state index contributed by atoms with van der Waals surface area (Å²) in [5.74, 6) is 5.93. The third-order valence-corrected chi connectivity index (χ3v) is 6.17. The van der Waals surface area contributed by atoms with E-state index in [1.54, 1.807) is 6.92 Å². The van der Waals surface area contributed by atoms with Crippen LogP contribution in [0.1, 0.15) is 60.8 Å². The maximum Gasteiger partial charge on any atom is 0.490 e. The lowest BCUT2D eigenvalue weighted by Gasteiger charge is -2.35. The third kappa shape index (κ3) is 4.90. The summed E-state index contributed by atoms with van der Waals surface area (Å²) in [6.07, 6.45) is 5.02. The van der Waals surface area contributed by atoms with Crippen LogP contribution in [0.3, 0.4) is 0 Å². The molecule has 2 rings (SSSR count). The van der Waals surface area contributed by atoms with Gasteiger partial charge in [0.2, 0.25) is 5.88 Å². The Balaban J connectivity index is 2.16. The van der Waals surface area contributed by atoms with Gasteiger partial charge in [0.25, 0.3) is 0 Å². The quantitative estimate of drug-likeness (QED) is 0.207. The van der Waals surface area contributed by atoms with Crippen molar-refractivity contribution in [2.24, 2.45) is 17.0 Å². The Morgan fingerprint density at radius 3 is 2.31 bits per heavy atom. The third-order valence-electron chi connectivity index (χ3n) is 6.17. The van der Waals surface area contributed by atoms with Crippen molar-refractivity contribution in [1.82, 2.24) is 5.01 Å². The maximum atomic E-state index is 12.8. The molecular weight excluding hydrogens is 373 g/mol. The number of carbonyl (C=O) groups excluding carboxylic acids is 1. The lowest BCUT2D eigenvalue weighted by molar-refractivity contribution is -0.160. The van der Waals surface area contributed by atoms with E-state index in [4.69, 9.17) is 30.4 Å². The molecule has 2 aliphatic rings. The fourth-order valence-electron chi connectivity index (χ4n) is 3.38. The summed E-state index contributed by atoms with van der Waals surface area (Å²) in [5, 5.41) is 1.40. The molecule has 8 nitrogen and oxygen atoms in total. The van der Waals surface area contributed by atoms with Crippen molar-refractivity contribution < 1.29 is 23.6 Å². The van der Waals surface area contributed by atoms with Crippen molar-refractivity contribution in [3.8, 4) is 0 Å². The Labute approximate surface area is 174 Å². The Hall–Kier alpha value is -1.71. The first kappa shape index (κ1) is 23.6. The van der Waals surface area contributed by atoms with Crippen molar-refractivity contribution in [3.05, 3.63) is 23.6 Å². The lowest BCUT2D eigenvalue weighted by Crippen LogP contribution is -2.42. The summed E-state index contributed by atoms with van der Waals surface area (Å²) in [7, 11) is -0.403. The fourth-order valence-corrected chi connectivity index (χ4v) is 3.38. The Kier molecular flexibility index (Phi) is 7.30. The van der Waals surface area contributed by atoms with Crippen LogP contribution < -0.4 is 11.6 Å². The second kappa shape index (κ2) is 8.98. The van der Waals surface area contributed by atoms with E-state index in [0.717, 1.165) is 5.47 Å². The Morgan fingerprint density at radius 1 is 1.24 bits per heavy atom. The summed E-state index contributed by atoms with van der Waals surface area (Å²) in [6, 6.07) is 0. The van der Waals surface area contributed by atoms with Crippen LogP contribution in [0.2, 0.25) is 0 Å². The van der Waals surface area contributed by atoms with Crippen molar-refractivity contribution in [2.75, 3.05) is 19.8 Å². The molecule has 164 valence electrons. The van der Waals surface area contributed by atoms with Gasteiger partial charge in [-0.1, -0.05) is 6.08 Å². The summed E-state index contributed by atoms with van der Waals surface area (Å²) in [5.41, 5.74) is 5.08. The van der Waals surface area contributed by atoms with Crippen LogP contribution in [0.4, 0.5) is 0 Å². The molecular formula is C20H36BN3O5. The first-order valence-corrected chi connectivity index (χ1v) is 10.3. The molecule has 0 bridgehead atoms. The molecule has 1 atom stereocenters. The minimum Gasteiger partial charge on any atom is -0.476 e. The van der Waals surface area contributed by atoms with Crippen LogP contribution in [0, 0.1) is 5.41 Å². The molecule has 0 radical (unpaired) electrons. The zero-order chi connectivity index (χ0) is 21.9. The highest BCUT2D eigenvalue weighted by Crippen LogP contribution is 2.43. The molecule has 0 aromatic heterocycles. The van der Waals surface area contributed by atoms with Crippen LogP contribution in [0.25, 0.3) is 0 Å². The van der Waals surface area contributed by atoms with E-state index in [1.807, 2.05) is 40.7 Å². The predicted octanol–water partition coefficient (Wildman–Crippen LogP) is 2.25. The molecule has 29 heavy (non-hydrogen) atoms. The number of hydrazine groups is 1. The molecule has 0 saturated carbocycles. The van der Waals surface area contributed by atoms with Crippen molar-refractivity contribution in [2.45, 2.75) is 72.0 Å². The minimum atomic E-state index is -0.800. The molecule has 1 unspecified atom stereocenters. The number of carbonyl (C=O) groups is 1. The summed E-state index contributed by atoms with van der Waals surface area (Å²) in [6.45, 7) is 12.8.